The highest BCUT2D eigenvalue weighted by molar-refractivity contribution is 5.78. The molecule has 0 aliphatic rings. The fourth-order valence-corrected chi connectivity index (χ4v) is 4.15. The lowest BCUT2D eigenvalue weighted by Crippen LogP contribution is -2.29. The van der Waals surface area contributed by atoms with Gasteiger partial charge in [0.15, 0.2) is 0 Å². The van der Waals surface area contributed by atoms with Crippen LogP contribution in [0.1, 0.15) is 16.8 Å². The number of hydrogen-bond donors (Lipinski definition) is 5. The van der Waals surface area contributed by atoms with Crippen LogP contribution >= 0.6 is 0 Å². The summed E-state index contributed by atoms with van der Waals surface area (Å²) in [6.45, 7) is 4.13. The van der Waals surface area contributed by atoms with E-state index in [-0.39, 0.29) is 12.3 Å². The van der Waals surface area contributed by atoms with Gasteiger partial charge in [-0.1, -0.05) is 48.5 Å². The molecule has 12 nitrogen and oxygen atoms in total. The number of nitrogens with one attached hydrogen (secondary N) is 4. The van der Waals surface area contributed by atoms with E-state index in [2.05, 4.69) is 53.3 Å². The Hall–Kier alpha value is -4.65. The maximum Gasteiger partial charge on any atom is 0.233 e. The highest BCUT2D eigenvalue weighted by Gasteiger charge is 2.09. The minimum atomic E-state index is -0.0706. The predicted molar refractivity (Wildman–Crippen MR) is 172 cm³/mol. The summed E-state index contributed by atoms with van der Waals surface area (Å²) in [6, 6.07) is 23.7. The molecule has 0 radical (unpaired) electrons. The number of hydrogen-bond acceptors (Lipinski definition) is 11. The van der Waals surface area contributed by atoms with Crippen LogP contribution in [-0.4, -0.2) is 78.4 Å². The van der Waals surface area contributed by atoms with Crippen LogP contribution in [0.3, 0.4) is 0 Å². The Morgan fingerprint density at radius 3 is 2.07 bits per heavy atom. The standard InChI is InChI=1S/C32H41N9O3/c33-15-20-43-22-23-44-21-19-35-29(42)24-26-9-11-28(12-10-26)38-32-40-30(36-17-13-25-6-2-1-3-7-25)39-31(41-32)37-18-14-27-8-4-5-16-34-27/h1-12,16H,13-15,17-24,33H2,(H,35,42)(H3,36,37,38,39,40,41). The molecule has 4 aromatic rings. The van der Waals surface area contributed by atoms with Crippen molar-refractivity contribution in [3.63, 3.8) is 0 Å². The van der Waals surface area contributed by atoms with Gasteiger partial charge in [0, 0.05) is 50.2 Å². The maximum atomic E-state index is 12.3. The number of pyridine rings is 1. The summed E-state index contributed by atoms with van der Waals surface area (Å²) < 4.78 is 10.7. The molecule has 0 aliphatic heterocycles. The van der Waals surface area contributed by atoms with Crippen molar-refractivity contribution in [2.45, 2.75) is 19.3 Å². The Bertz CT molecular complexity index is 1310. The van der Waals surface area contributed by atoms with Crippen LogP contribution in [0.15, 0.2) is 79.0 Å². The predicted octanol–water partition coefficient (Wildman–Crippen LogP) is 2.97. The van der Waals surface area contributed by atoms with Crippen LogP contribution in [-0.2, 0) is 33.5 Å². The van der Waals surface area contributed by atoms with E-state index in [0.29, 0.717) is 70.5 Å². The number of nitrogens with two attached hydrogens (primary N) is 1. The summed E-state index contributed by atoms with van der Waals surface area (Å²) in [4.78, 5) is 30.4. The summed E-state index contributed by atoms with van der Waals surface area (Å²) in [5.74, 6) is 1.26. The van der Waals surface area contributed by atoms with Gasteiger partial charge < -0.3 is 36.5 Å². The molecule has 0 saturated carbocycles. The number of aromatic nitrogens is 4. The summed E-state index contributed by atoms with van der Waals surface area (Å²) in [5, 5.41) is 12.7. The van der Waals surface area contributed by atoms with Gasteiger partial charge >= 0.3 is 0 Å². The van der Waals surface area contributed by atoms with Gasteiger partial charge in [-0.15, -0.1) is 0 Å². The molecule has 0 atom stereocenters. The Labute approximate surface area is 258 Å². The number of rotatable bonds is 20. The first-order valence-electron chi connectivity index (χ1n) is 14.8. The van der Waals surface area contributed by atoms with Gasteiger partial charge in [0.25, 0.3) is 0 Å². The minimum absolute atomic E-state index is 0.0706. The lowest BCUT2D eigenvalue weighted by molar-refractivity contribution is -0.120. The minimum Gasteiger partial charge on any atom is -0.378 e. The normalized spacial score (nSPS) is 10.8. The molecule has 2 heterocycles. The second-order valence-electron chi connectivity index (χ2n) is 9.83. The monoisotopic (exact) mass is 599 g/mol. The average molecular weight is 600 g/mol. The highest BCUT2D eigenvalue weighted by Crippen LogP contribution is 2.17. The maximum absolute atomic E-state index is 12.3. The zero-order valence-electron chi connectivity index (χ0n) is 24.9. The third kappa shape index (κ3) is 12.3. The molecule has 0 saturated heterocycles. The number of benzene rings is 2. The van der Waals surface area contributed by atoms with Crippen molar-refractivity contribution in [3.05, 3.63) is 95.8 Å². The van der Waals surface area contributed by atoms with E-state index in [1.165, 1.54) is 5.56 Å². The summed E-state index contributed by atoms with van der Waals surface area (Å²) in [7, 11) is 0. The second kappa shape index (κ2) is 18.8. The molecule has 44 heavy (non-hydrogen) atoms. The van der Waals surface area contributed by atoms with E-state index in [4.69, 9.17) is 15.2 Å². The largest absolute Gasteiger partial charge is 0.378 e. The Balaban J connectivity index is 1.29. The fraction of sp³-hybridized carbons (Fsp3) is 0.344. The first-order chi connectivity index (χ1) is 21.7. The molecule has 2 aromatic carbocycles. The van der Waals surface area contributed by atoms with Gasteiger partial charge in [0.2, 0.25) is 23.8 Å². The lowest BCUT2D eigenvalue weighted by atomic mass is 10.1. The van der Waals surface area contributed by atoms with E-state index < -0.39 is 0 Å². The molecule has 2 aromatic heterocycles. The van der Waals surface area contributed by atoms with Crippen LogP contribution < -0.4 is 27.0 Å². The Kier molecular flexibility index (Phi) is 13.8. The van der Waals surface area contributed by atoms with E-state index in [1.807, 2.05) is 60.7 Å². The number of nitrogens with zero attached hydrogens (tertiary/aromatic N) is 4. The zero-order valence-corrected chi connectivity index (χ0v) is 24.9. The molecule has 1 amide bonds. The molecule has 6 N–H and O–H groups in total. The third-order valence-corrected chi connectivity index (χ3v) is 6.34. The van der Waals surface area contributed by atoms with Crippen LogP contribution in [0.4, 0.5) is 23.5 Å². The van der Waals surface area contributed by atoms with Crippen molar-refractivity contribution >= 4 is 29.4 Å². The van der Waals surface area contributed by atoms with Gasteiger partial charge in [0.1, 0.15) is 0 Å². The molecule has 0 aliphatic carbocycles. The second-order valence-corrected chi connectivity index (χ2v) is 9.83. The first-order valence-corrected chi connectivity index (χ1v) is 14.8. The molecular formula is C32H41N9O3. The summed E-state index contributed by atoms with van der Waals surface area (Å²) in [6.07, 6.45) is 3.62. The number of carbonyl (C=O) groups excluding carboxylic acids is 1. The fourth-order valence-electron chi connectivity index (χ4n) is 4.15. The van der Waals surface area contributed by atoms with Crippen LogP contribution in [0.5, 0.6) is 0 Å². The van der Waals surface area contributed by atoms with Crippen molar-refractivity contribution in [2.75, 3.05) is 68.6 Å². The van der Waals surface area contributed by atoms with Crippen LogP contribution in [0.2, 0.25) is 0 Å². The molecule has 4 rings (SSSR count). The van der Waals surface area contributed by atoms with Gasteiger partial charge in [-0.3, -0.25) is 9.78 Å². The molecule has 0 unspecified atom stereocenters. The van der Waals surface area contributed by atoms with E-state index in [0.717, 1.165) is 29.8 Å². The van der Waals surface area contributed by atoms with Crippen molar-refractivity contribution in [1.82, 2.24) is 25.3 Å². The molecule has 0 bridgehead atoms. The number of ether oxygens (including phenoxy) is 2. The van der Waals surface area contributed by atoms with Gasteiger partial charge in [-0.2, -0.15) is 15.0 Å². The van der Waals surface area contributed by atoms with Crippen molar-refractivity contribution in [3.8, 4) is 0 Å². The van der Waals surface area contributed by atoms with Gasteiger partial charge in [0.05, 0.1) is 32.8 Å². The SMILES string of the molecule is NCCOCCOCCNC(=O)Cc1ccc(Nc2nc(NCCc3ccccc3)nc(NCCc3ccccn3)n2)cc1. The van der Waals surface area contributed by atoms with E-state index >= 15 is 0 Å². The van der Waals surface area contributed by atoms with Crippen LogP contribution in [0, 0.1) is 0 Å². The zero-order chi connectivity index (χ0) is 30.7. The third-order valence-electron chi connectivity index (χ3n) is 6.34. The Morgan fingerprint density at radius 2 is 1.36 bits per heavy atom. The van der Waals surface area contributed by atoms with Crippen molar-refractivity contribution in [1.29, 1.82) is 0 Å². The van der Waals surface area contributed by atoms with Gasteiger partial charge in [-0.05, 0) is 41.8 Å². The molecule has 232 valence electrons. The van der Waals surface area contributed by atoms with Crippen LogP contribution in [0.25, 0.3) is 0 Å². The number of carbonyl (C=O) groups is 1. The average Bonchev–Trinajstić information content (AvgIpc) is 3.04. The first kappa shape index (κ1) is 32.3. The van der Waals surface area contributed by atoms with Crippen molar-refractivity contribution in [2.24, 2.45) is 5.73 Å². The highest BCUT2D eigenvalue weighted by atomic mass is 16.5. The summed E-state index contributed by atoms with van der Waals surface area (Å²) >= 11 is 0. The molecular weight excluding hydrogens is 558 g/mol. The summed E-state index contributed by atoms with van der Waals surface area (Å²) in [5.41, 5.74) is 9.27. The molecule has 12 heteroatoms. The molecule has 0 spiro atoms. The smallest absolute Gasteiger partial charge is 0.233 e. The number of amides is 1. The van der Waals surface area contributed by atoms with Crippen molar-refractivity contribution < 1.29 is 14.3 Å². The topological polar surface area (TPSA) is 161 Å². The van der Waals surface area contributed by atoms with Gasteiger partial charge in [-0.25, -0.2) is 0 Å². The molecule has 0 fully saturated rings. The Morgan fingerprint density at radius 1 is 0.682 bits per heavy atom. The number of anilines is 4. The van der Waals surface area contributed by atoms with E-state index in [1.54, 1.807) is 6.20 Å². The quantitative estimate of drug-likeness (QED) is 0.0950. The van der Waals surface area contributed by atoms with E-state index in [9.17, 15) is 4.79 Å². The lowest BCUT2D eigenvalue weighted by Gasteiger charge is -2.12.